The van der Waals surface area contributed by atoms with Crippen molar-refractivity contribution in [2.24, 2.45) is 0 Å². The minimum Gasteiger partial charge on any atom is -0.493 e. The van der Waals surface area contributed by atoms with Gasteiger partial charge in [0, 0.05) is 12.2 Å². The van der Waals surface area contributed by atoms with E-state index in [0.29, 0.717) is 24.6 Å². The van der Waals surface area contributed by atoms with Crippen molar-refractivity contribution in [3.63, 3.8) is 0 Å². The highest BCUT2D eigenvalue weighted by atomic mass is 16.5. The number of aryl methyl sites for hydroxylation is 2. The van der Waals surface area contributed by atoms with E-state index < -0.39 is 0 Å². The minimum atomic E-state index is -0.0325. The summed E-state index contributed by atoms with van der Waals surface area (Å²) in [6.45, 7) is 4.96. The Kier molecular flexibility index (Phi) is 6.42. The summed E-state index contributed by atoms with van der Waals surface area (Å²) in [6, 6.07) is 11.7. The molecule has 1 N–H and O–H groups in total. The second kappa shape index (κ2) is 8.53. The van der Waals surface area contributed by atoms with Crippen LogP contribution < -0.4 is 14.8 Å². The van der Waals surface area contributed by atoms with Gasteiger partial charge in [0.2, 0.25) is 5.91 Å². The van der Waals surface area contributed by atoms with Crippen LogP contribution in [-0.2, 0) is 11.3 Å². The van der Waals surface area contributed by atoms with E-state index in [-0.39, 0.29) is 5.91 Å². The smallest absolute Gasteiger partial charge is 0.238 e. The lowest BCUT2D eigenvalue weighted by molar-refractivity contribution is -0.117. The van der Waals surface area contributed by atoms with Crippen LogP contribution in [0.15, 0.2) is 36.4 Å². The number of hydrogen-bond acceptors (Lipinski definition) is 4. The lowest BCUT2D eigenvalue weighted by Crippen LogP contribution is -2.30. The number of nitrogens with zero attached hydrogens (tertiary/aromatic N) is 1. The Morgan fingerprint density at radius 1 is 1.04 bits per heavy atom. The van der Waals surface area contributed by atoms with Gasteiger partial charge < -0.3 is 14.8 Å². The SMILES string of the molecule is COc1cc(C)c(CN(C)CC(=O)Nc2ccccc2C)cc1OC. The summed E-state index contributed by atoms with van der Waals surface area (Å²) < 4.78 is 10.7. The summed E-state index contributed by atoms with van der Waals surface area (Å²) in [6.07, 6.45) is 0. The normalized spacial score (nSPS) is 10.6. The zero-order valence-corrected chi connectivity index (χ0v) is 15.6. The molecule has 134 valence electrons. The number of benzene rings is 2. The van der Waals surface area contributed by atoms with E-state index in [2.05, 4.69) is 5.32 Å². The van der Waals surface area contributed by atoms with Crippen LogP contribution in [0, 0.1) is 13.8 Å². The highest BCUT2D eigenvalue weighted by molar-refractivity contribution is 5.92. The average molecular weight is 342 g/mol. The molecule has 0 aliphatic rings. The number of methoxy groups -OCH3 is 2. The summed E-state index contributed by atoms with van der Waals surface area (Å²) >= 11 is 0. The third kappa shape index (κ3) is 4.97. The fourth-order valence-electron chi connectivity index (χ4n) is 2.69. The number of amides is 1. The largest absolute Gasteiger partial charge is 0.493 e. The minimum absolute atomic E-state index is 0.0325. The molecule has 0 spiro atoms. The first kappa shape index (κ1) is 18.8. The monoisotopic (exact) mass is 342 g/mol. The van der Waals surface area contributed by atoms with Crippen LogP contribution in [0.4, 0.5) is 5.69 Å². The molecule has 0 aliphatic carbocycles. The van der Waals surface area contributed by atoms with Crippen LogP contribution in [0.3, 0.4) is 0 Å². The summed E-state index contributed by atoms with van der Waals surface area (Å²) in [5.74, 6) is 1.37. The van der Waals surface area contributed by atoms with Crippen molar-refractivity contribution in [2.75, 3.05) is 33.1 Å². The van der Waals surface area contributed by atoms with Crippen molar-refractivity contribution in [3.8, 4) is 11.5 Å². The summed E-state index contributed by atoms with van der Waals surface area (Å²) in [5, 5.41) is 2.96. The van der Waals surface area contributed by atoms with E-state index in [1.54, 1.807) is 14.2 Å². The molecule has 2 aromatic carbocycles. The van der Waals surface area contributed by atoms with Gasteiger partial charge in [0.15, 0.2) is 11.5 Å². The molecular formula is C20H26N2O3. The number of ether oxygens (including phenoxy) is 2. The van der Waals surface area contributed by atoms with Crippen LogP contribution in [0.5, 0.6) is 11.5 Å². The van der Waals surface area contributed by atoms with Crippen LogP contribution in [-0.4, -0.2) is 38.6 Å². The van der Waals surface area contributed by atoms with Crippen molar-refractivity contribution in [2.45, 2.75) is 20.4 Å². The predicted molar refractivity (Wildman–Crippen MR) is 100 cm³/mol. The first-order valence-electron chi connectivity index (χ1n) is 8.20. The molecule has 0 radical (unpaired) electrons. The van der Waals surface area contributed by atoms with Crippen LogP contribution in [0.2, 0.25) is 0 Å². The van der Waals surface area contributed by atoms with Crippen LogP contribution in [0.25, 0.3) is 0 Å². The Hall–Kier alpha value is -2.53. The van der Waals surface area contributed by atoms with Gasteiger partial charge in [-0.1, -0.05) is 18.2 Å². The molecule has 0 saturated carbocycles. The molecule has 5 heteroatoms. The summed E-state index contributed by atoms with van der Waals surface area (Å²) in [4.78, 5) is 14.3. The molecule has 0 fully saturated rings. The number of carbonyl (C=O) groups is 1. The lowest BCUT2D eigenvalue weighted by Gasteiger charge is -2.19. The predicted octanol–water partition coefficient (Wildman–Crippen LogP) is 3.39. The van der Waals surface area contributed by atoms with Gasteiger partial charge in [-0.2, -0.15) is 0 Å². The molecule has 5 nitrogen and oxygen atoms in total. The number of carbonyl (C=O) groups excluding carboxylic acids is 1. The van der Waals surface area contributed by atoms with E-state index >= 15 is 0 Å². The topological polar surface area (TPSA) is 50.8 Å². The highest BCUT2D eigenvalue weighted by Crippen LogP contribution is 2.30. The molecule has 2 rings (SSSR count). The Bertz CT molecular complexity index is 744. The summed E-state index contributed by atoms with van der Waals surface area (Å²) in [5.41, 5.74) is 4.10. The fraction of sp³-hybridized carbons (Fsp3) is 0.350. The Labute approximate surface area is 149 Å². The highest BCUT2D eigenvalue weighted by Gasteiger charge is 2.13. The van der Waals surface area contributed by atoms with Crippen molar-refractivity contribution in [1.29, 1.82) is 0 Å². The fourth-order valence-corrected chi connectivity index (χ4v) is 2.69. The van der Waals surface area contributed by atoms with Gasteiger partial charge >= 0.3 is 0 Å². The average Bonchev–Trinajstić information content (AvgIpc) is 2.58. The molecule has 0 aromatic heterocycles. The molecule has 0 aliphatic heterocycles. The number of likely N-dealkylation sites (N-methyl/N-ethyl adjacent to an activating group) is 1. The van der Waals surface area contributed by atoms with E-state index in [9.17, 15) is 4.79 Å². The van der Waals surface area contributed by atoms with E-state index in [1.807, 2.05) is 62.2 Å². The zero-order valence-electron chi connectivity index (χ0n) is 15.6. The molecule has 0 heterocycles. The molecule has 2 aromatic rings. The number of hydrogen-bond donors (Lipinski definition) is 1. The summed E-state index contributed by atoms with van der Waals surface area (Å²) in [7, 11) is 5.17. The van der Waals surface area contributed by atoms with E-state index in [0.717, 1.165) is 22.4 Å². The van der Waals surface area contributed by atoms with Crippen molar-refractivity contribution in [1.82, 2.24) is 4.90 Å². The molecule has 0 bridgehead atoms. The van der Waals surface area contributed by atoms with Gasteiger partial charge in [0.1, 0.15) is 0 Å². The third-order valence-electron chi connectivity index (χ3n) is 4.12. The van der Waals surface area contributed by atoms with Gasteiger partial charge in [-0.25, -0.2) is 0 Å². The van der Waals surface area contributed by atoms with Gasteiger partial charge in [0.25, 0.3) is 0 Å². The third-order valence-corrected chi connectivity index (χ3v) is 4.12. The second-order valence-electron chi connectivity index (χ2n) is 6.17. The molecule has 0 unspecified atom stereocenters. The number of anilines is 1. The maximum atomic E-state index is 12.3. The van der Waals surface area contributed by atoms with E-state index in [1.165, 1.54) is 0 Å². The Morgan fingerprint density at radius 2 is 1.68 bits per heavy atom. The van der Waals surface area contributed by atoms with Gasteiger partial charge in [-0.05, 0) is 55.8 Å². The maximum Gasteiger partial charge on any atom is 0.238 e. The molecular weight excluding hydrogens is 316 g/mol. The van der Waals surface area contributed by atoms with Crippen LogP contribution >= 0.6 is 0 Å². The van der Waals surface area contributed by atoms with E-state index in [4.69, 9.17) is 9.47 Å². The lowest BCUT2D eigenvalue weighted by atomic mass is 10.1. The molecule has 25 heavy (non-hydrogen) atoms. The first-order chi connectivity index (χ1) is 11.9. The van der Waals surface area contributed by atoms with Crippen molar-refractivity contribution in [3.05, 3.63) is 53.1 Å². The Morgan fingerprint density at radius 3 is 2.32 bits per heavy atom. The second-order valence-corrected chi connectivity index (χ2v) is 6.17. The number of rotatable bonds is 7. The van der Waals surface area contributed by atoms with Crippen LogP contribution in [0.1, 0.15) is 16.7 Å². The van der Waals surface area contributed by atoms with Crippen molar-refractivity contribution < 1.29 is 14.3 Å². The molecule has 0 atom stereocenters. The number of nitrogens with one attached hydrogen (secondary N) is 1. The molecule has 1 amide bonds. The first-order valence-corrected chi connectivity index (χ1v) is 8.20. The quantitative estimate of drug-likeness (QED) is 0.838. The number of para-hydroxylation sites is 1. The van der Waals surface area contributed by atoms with Crippen molar-refractivity contribution >= 4 is 11.6 Å². The van der Waals surface area contributed by atoms with Gasteiger partial charge in [0.05, 0.1) is 20.8 Å². The Balaban J connectivity index is 2.01. The standard InChI is InChI=1S/C20H26N2O3/c1-14-8-6-7-9-17(14)21-20(23)13-22(3)12-16-11-19(25-5)18(24-4)10-15(16)2/h6-11H,12-13H2,1-5H3,(H,21,23). The maximum absolute atomic E-state index is 12.3. The molecule has 0 saturated heterocycles. The van der Waals surface area contributed by atoms with Gasteiger partial charge in [-0.15, -0.1) is 0 Å². The zero-order chi connectivity index (χ0) is 18.4. The van der Waals surface area contributed by atoms with Gasteiger partial charge in [-0.3, -0.25) is 9.69 Å².